The molecule has 0 aromatic carbocycles. The molecule has 0 spiro atoms. The Balaban J connectivity index is 2.41. The Morgan fingerprint density at radius 2 is 1.69 bits per heavy atom. The molecular formula is C24H42O2. The monoisotopic (exact) mass is 362 g/mol. The third-order valence-electron chi connectivity index (χ3n) is 5.43. The number of hydrogen-bond acceptors (Lipinski definition) is 2. The molecule has 1 unspecified atom stereocenters. The average molecular weight is 363 g/mol. The molecule has 0 aliphatic heterocycles. The lowest BCUT2D eigenvalue weighted by Crippen LogP contribution is -2.27. The van der Waals surface area contributed by atoms with E-state index in [4.69, 9.17) is 0 Å². The fraction of sp³-hybridized carbons (Fsp3) is 0.750. The lowest BCUT2D eigenvalue weighted by molar-refractivity contribution is 0.123. The predicted molar refractivity (Wildman–Crippen MR) is 113 cm³/mol. The second kappa shape index (κ2) is 9.90. The Morgan fingerprint density at radius 1 is 1.12 bits per heavy atom. The summed E-state index contributed by atoms with van der Waals surface area (Å²) < 4.78 is 0. The highest BCUT2D eigenvalue weighted by molar-refractivity contribution is 5.25. The van der Waals surface area contributed by atoms with Crippen LogP contribution in [-0.4, -0.2) is 22.4 Å². The SMILES string of the molecule is C=C1[C@H](O)CC(=C/C=C/CC(C)(C)CC(C)CCCC(C)(C)C)C[C@H]1O. The van der Waals surface area contributed by atoms with Crippen LogP contribution < -0.4 is 0 Å². The van der Waals surface area contributed by atoms with Crippen LogP contribution in [0, 0.1) is 16.7 Å². The summed E-state index contributed by atoms with van der Waals surface area (Å²) in [6.07, 6.45) is 12.6. The summed E-state index contributed by atoms with van der Waals surface area (Å²) in [7, 11) is 0. The summed E-state index contributed by atoms with van der Waals surface area (Å²) in [5.74, 6) is 0.758. The van der Waals surface area contributed by atoms with Gasteiger partial charge in [-0.05, 0) is 54.4 Å². The van der Waals surface area contributed by atoms with E-state index in [0.29, 0.717) is 29.2 Å². The topological polar surface area (TPSA) is 40.5 Å². The molecule has 1 aliphatic rings. The molecule has 1 aliphatic carbocycles. The fourth-order valence-corrected chi connectivity index (χ4v) is 3.90. The second-order valence-corrected chi connectivity index (χ2v) is 10.4. The molecule has 1 saturated carbocycles. The van der Waals surface area contributed by atoms with Gasteiger partial charge in [0.2, 0.25) is 0 Å². The first-order valence-corrected chi connectivity index (χ1v) is 10.3. The van der Waals surface area contributed by atoms with Gasteiger partial charge >= 0.3 is 0 Å². The van der Waals surface area contributed by atoms with Crippen molar-refractivity contribution in [3.63, 3.8) is 0 Å². The minimum atomic E-state index is -0.608. The lowest BCUT2D eigenvalue weighted by Gasteiger charge is -2.28. The molecule has 3 atom stereocenters. The maximum Gasteiger partial charge on any atom is 0.0809 e. The molecule has 0 heterocycles. The van der Waals surface area contributed by atoms with Crippen molar-refractivity contribution >= 4 is 0 Å². The molecule has 0 bridgehead atoms. The van der Waals surface area contributed by atoms with Crippen LogP contribution in [0.5, 0.6) is 0 Å². The van der Waals surface area contributed by atoms with Gasteiger partial charge in [0.1, 0.15) is 0 Å². The van der Waals surface area contributed by atoms with E-state index in [0.717, 1.165) is 17.9 Å². The molecule has 2 heteroatoms. The van der Waals surface area contributed by atoms with E-state index in [1.807, 2.05) is 0 Å². The Morgan fingerprint density at radius 3 is 2.23 bits per heavy atom. The highest BCUT2D eigenvalue weighted by atomic mass is 16.3. The first-order valence-electron chi connectivity index (χ1n) is 10.3. The van der Waals surface area contributed by atoms with Gasteiger partial charge in [-0.3, -0.25) is 0 Å². The van der Waals surface area contributed by atoms with Crippen LogP contribution in [0.15, 0.2) is 36.0 Å². The highest BCUT2D eigenvalue weighted by Gasteiger charge is 2.25. The standard InChI is InChI=1S/C24H42O2/c1-18(11-10-13-23(3,4)5)17-24(6,7)14-9-8-12-20-15-21(25)19(2)22(26)16-20/h8-9,12,18,21-22,25-26H,2,10-11,13-17H2,1,3-7H3/b9-8+/t18?,21-,22-/m1/s1. The van der Waals surface area contributed by atoms with Crippen molar-refractivity contribution in [3.8, 4) is 0 Å². The minimum Gasteiger partial charge on any atom is -0.388 e. The van der Waals surface area contributed by atoms with Gasteiger partial charge < -0.3 is 10.2 Å². The predicted octanol–water partition coefficient (Wildman–Crippen LogP) is 6.20. The Bertz CT molecular complexity index is 489. The molecule has 26 heavy (non-hydrogen) atoms. The van der Waals surface area contributed by atoms with Crippen LogP contribution in [0.2, 0.25) is 0 Å². The van der Waals surface area contributed by atoms with Gasteiger partial charge in [-0.1, -0.05) is 84.8 Å². The molecule has 1 fully saturated rings. The molecule has 2 nitrogen and oxygen atoms in total. The van der Waals surface area contributed by atoms with Crippen LogP contribution in [0.3, 0.4) is 0 Å². The number of aliphatic hydroxyl groups is 2. The minimum absolute atomic E-state index is 0.302. The molecular weight excluding hydrogens is 320 g/mol. The van der Waals surface area contributed by atoms with Gasteiger partial charge in [-0.25, -0.2) is 0 Å². The number of rotatable bonds is 8. The van der Waals surface area contributed by atoms with E-state index < -0.39 is 12.2 Å². The third-order valence-corrected chi connectivity index (χ3v) is 5.43. The number of hydrogen-bond donors (Lipinski definition) is 2. The van der Waals surface area contributed by atoms with Crippen molar-refractivity contribution in [1.82, 2.24) is 0 Å². The van der Waals surface area contributed by atoms with Gasteiger partial charge in [0.05, 0.1) is 12.2 Å². The molecule has 0 radical (unpaired) electrons. The normalized spacial score (nSPS) is 23.5. The van der Waals surface area contributed by atoms with E-state index >= 15 is 0 Å². The van der Waals surface area contributed by atoms with Crippen LogP contribution in [0.4, 0.5) is 0 Å². The van der Waals surface area contributed by atoms with Gasteiger partial charge in [-0.15, -0.1) is 0 Å². The third kappa shape index (κ3) is 9.19. The van der Waals surface area contributed by atoms with Crippen LogP contribution in [0.1, 0.15) is 86.5 Å². The second-order valence-electron chi connectivity index (χ2n) is 10.4. The largest absolute Gasteiger partial charge is 0.388 e. The quantitative estimate of drug-likeness (QED) is 0.505. The summed E-state index contributed by atoms with van der Waals surface area (Å²) in [6, 6.07) is 0. The molecule has 0 aromatic rings. The van der Waals surface area contributed by atoms with Crippen molar-refractivity contribution in [1.29, 1.82) is 0 Å². The van der Waals surface area contributed by atoms with Crippen LogP contribution >= 0.6 is 0 Å². The van der Waals surface area contributed by atoms with E-state index in [9.17, 15) is 10.2 Å². The lowest BCUT2D eigenvalue weighted by atomic mass is 9.78. The molecule has 150 valence electrons. The Kier molecular flexibility index (Phi) is 8.82. The van der Waals surface area contributed by atoms with E-state index in [-0.39, 0.29) is 0 Å². The summed E-state index contributed by atoms with van der Waals surface area (Å²) in [5, 5.41) is 19.8. The Labute approximate surface area is 162 Å². The highest BCUT2D eigenvalue weighted by Crippen LogP contribution is 2.33. The van der Waals surface area contributed by atoms with Crippen molar-refractivity contribution in [2.24, 2.45) is 16.7 Å². The number of aliphatic hydroxyl groups excluding tert-OH is 2. The van der Waals surface area contributed by atoms with Crippen LogP contribution in [0.25, 0.3) is 0 Å². The zero-order valence-electron chi connectivity index (χ0n) is 18.0. The van der Waals surface area contributed by atoms with Crippen molar-refractivity contribution in [2.75, 3.05) is 0 Å². The molecule has 0 aromatic heterocycles. The maximum atomic E-state index is 9.90. The Hall–Kier alpha value is -0.860. The molecule has 1 rings (SSSR count). The van der Waals surface area contributed by atoms with Crippen molar-refractivity contribution < 1.29 is 10.2 Å². The van der Waals surface area contributed by atoms with Gasteiger partial charge in [-0.2, -0.15) is 0 Å². The van der Waals surface area contributed by atoms with E-state index in [1.54, 1.807) is 0 Å². The average Bonchev–Trinajstić information content (AvgIpc) is 2.47. The van der Waals surface area contributed by atoms with E-state index in [1.165, 1.54) is 25.7 Å². The van der Waals surface area contributed by atoms with Crippen molar-refractivity contribution in [2.45, 2.75) is 98.7 Å². The summed E-state index contributed by atoms with van der Waals surface area (Å²) in [5.41, 5.74) is 2.39. The molecule has 0 saturated heterocycles. The first kappa shape index (κ1) is 23.2. The molecule has 2 N–H and O–H groups in total. The first-order chi connectivity index (χ1) is 11.9. The van der Waals surface area contributed by atoms with Gasteiger partial charge in [0.25, 0.3) is 0 Å². The summed E-state index contributed by atoms with van der Waals surface area (Å²) in [6.45, 7) is 17.8. The van der Waals surface area contributed by atoms with Gasteiger partial charge in [0, 0.05) is 0 Å². The zero-order chi connectivity index (χ0) is 20.0. The summed E-state index contributed by atoms with van der Waals surface area (Å²) >= 11 is 0. The fourth-order valence-electron chi connectivity index (χ4n) is 3.90. The zero-order valence-corrected chi connectivity index (χ0v) is 18.0. The summed E-state index contributed by atoms with van der Waals surface area (Å²) in [4.78, 5) is 0. The van der Waals surface area contributed by atoms with Crippen LogP contribution in [-0.2, 0) is 0 Å². The van der Waals surface area contributed by atoms with Gasteiger partial charge in [0.15, 0.2) is 0 Å². The van der Waals surface area contributed by atoms with E-state index in [2.05, 4.69) is 66.3 Å². The van der Waals surface area contributed by atoms with Crippen molar-refractivity contribution in [3.05, 3.63) is 36.0 Å². The molecule has 0 amide bonds. The smallest absolute Gasteiger partial charge is 0.0809 e. The maximum absolute atomic E-state index is 9.90. The number of allylic oxidation sites excluding steroid dienone is 3.